The molecule has 0 aliphatic carbocycles. The third kappa shape index (κ3) is 6.00. The Labute approximate surface area is 141 Å². The molecule has 0 atom stereocenters. The molecule has 0 aliphatic rings. The lowest BCUT2D eigenvalue weighted by molar-refractivity contribution is -0.123. The summed E-state index contributed by atoms with van der Waals surface area (Å²) in [5, 5.41) is 5.81. The summed E-state index contributed by atoms with van der Waals surface area (Å²) >= 11 is 1.58. The second kappa shape index (κ2) is 9.27. The summed E-state index contributed by atoms with van der Waals surface area (Å²) in [6, 6.07) is 9.31. The number of amides is 1. The van der Waals surface area contributed by atoms with Crippen molar-refractivity contribution in [3.05, 3.63) is 46.4 Å². The average molecular weight is 333 g/mol. The number of hydrogen-bond acceptors (Lipinski definition) is 5. The zero-order valence-corrected chi connectivity index (χ0v) is 14.4. The Bertz CT molecular complexity index is 597. The van der Waals surface area contributed by atoms with Gasteiger partial charge < -0.3 is 10.1 Å². The summed E-state index contributed by atoms with van der Waals surface area (Å²) in [4.78, 5) is 18.7. The first kappa shape index (κ1) is 17.4. The molecule has 0 unspecified atom stereocenters. The second-order valence-electron chi connectivity index (χ2n) is 5.07. The molecule has 0 spiro atoms. The first-order valence-corrected chi connectivity index (χ1v) is 8.69. The van der Waals surface area contributed by atoms with Gasteiger partial charge in [-0.3, -0.25) is 9.69 Å². The minimum Gasteiger partial charge on any atom is -0.484 e. The van der Waals surface area contributed by atoms with E-state index in [1.165, 1.54) is 0 Å². The SMILES string of the molecule is CCN(CC)Cc1csc(CNC(=O)COc2ccccc2)n1. The smallest absolute Gasteiger partial charge is 0.258 e. The summed E-state index contributed by atoms with van der Waals surface area (Å²) in [6.07, 6.45) is 0. The van der Waals surface area contributed by atoms with E-state index in [-0.39, 0.29) is 12.5 Å². The van der Waals surface area contributed by atoms with E-state index in [1.54, 1.807) is 11.3 Å². The quantitative estimate of drug-likeness (QED) is 0.766. The highest BCUT2D eigenvalue weighted by molar-refractivity contribution is 7.09. The fraction of sp³-hybridized carbons (Fsp3) is 0.412. The van der Waals surface area contributed by atoms with Crippen molar-refractivity contribution in [2.45, 2.75) is 26.9 Å². The van der Waals surface area contributed by atoms with E-state index >= 15 is 0 Å². The molecule has 1 heterocycles. The Morgan fingerprint density at radius 3 is 2.70 bits per heavy atom. The zero-order chi connectivity index (χ0) is 16.5. The van der Waals surface area contributed by atoms with Crippen molar-refractivity contribution in [2.75, 3.05) is 19.7 Å². The molecule has 0 saturated carbocycles. The highest BCUT2D eigenvalue weighted by atomic mass is 32.1. The highest BCUT2D eigenvalue weighted by Gasteiger charge is 2.08. The molecule has 1 aromatic heterocycles. The number of carbonyl (C=O) groups excluding carboxylic acids is 1. The maximum absolute atomic E-state index is 11.8. The highest BCUT2D eigenvalue weighted by Crippen LogP contribution is 2.12. The molecule has 1 N–H and O–H groups in total. The summed E-state index contributed by atoms with van der Waals surface area (Å²) in [5.74, 6) is 0.549. The molecule has 5 nitrogen and oxygen atoms in total. The van der Waals surface area contributed by atoms with E-state index in [0.717, 1.165) is 30.3 Å². The maximum atomic E-state index is 11.8. The van der Waals surface area contributed by atoms with Crippen LogP contribution in [0.5, 0.6) is 5.75 Å². The molecule has 2 aromatic rings. The largest absolute Gasteiger partial charge is 0.484 e. The van der Waals surface area contributed by atoms with Crippen molar-refractivity contribution in [2.24, 2.45) is 0 Å². The Morgan fingerprint density at radius 2 is 2.00 bits per heavy atom. The molecule has 124 valence electrons. The third-order valence-corrected chi connectivity index (χ3v) is 4.33. The molecule has 2 rings (SSSR count). The Morgan fingerprint density at radius 1 is 1.26 bits per heavy atom. The Hall–Kier alpha value is -1.92. The fourth-order valence-corrected chi connectivity index (χ4v) is 2.79. The van der Waals surface area contributed by atoms with Crippen LogP contribution in [0.1, 0.15) is 24.5 Å². The normalized spacial score (nSPS) is 10.7. The van der Waals surface area contributed by atoms with E-state index in [2.05, 4.69) is 34.4 Å². The number of aromatic nitrogens is 1. The molecule has 6 heteroatoms. The van der Waals surface area contributed by atoms with Crippen molar-refractivity contribution in [1.29, 1.82) is 0 Å². The van der Waals surface area contributed by atoms with Gasteiger partial charge in [0.2, 0.25) is 0 Å². The van der Waals surface area contributed by atoms with Gasteiger partial charge in [-0.15, -0.1) is 11.3 Å². The van der Waals surface area contributed by atoms with Crippen molar-refractivity contribution in [3.8, 4) is 5.75 Å². The van der Waals surface area contributed by atoms with Gasteiger partial charge in [-0.1, -0.05) is 32.0 Å². The predicted octanol–water partition coefficient (Wildman–Crippen LogP) is 2.68. The van der Waals surface area contributed by atoms with Gasteiger partial charge in [0.25, 0.3) is 5.91 Å². The molecule has 0 aliphatic heterocycles. The van der Waals surface area contributed by atoms with Gasteiger partial charge in [0, 0.05) is 11.9 Å². The lowest BCUT2D eigenvalue weighted by atomic mass is 10.3. The van der Waals surface area contributed by atoms with Crippen molar-refractivity contribution in [1.82, 2.24) is 15.2 Å². The number of rotatable bonds is 9. The third-order valence-electron chi connectivity index (χ3n) is 3.43. The van der Waals surface area contributed by atoms with Crippen LogP contribution in [0.2, 0.25) is 0 Å². The second-order valence-corrected chi connectivity index (χ2v) is 6.02. The zero-order valence-electron chi connectivity index (χ0n) is 13.6. The number of ether oxygens (including phenoxy) is 1. The summed E-state index contributed by atoms with van der Waals surface area (Å²) in [7, 11) is 0. The number of thiazole rings is 1. The van der Waals surface area contributed by atoms with Crippen LogP contribution < -0.4 is 10.1 Å². The van der Waals surface area contributed by atoms with E-state index in [9.17, 15) is 4.79 Å². The monoisotopic (exact) mass is 333 g/mol. The van der Waals surface area contributed by atoms with Crippen molar-refractivity contribution in [3.63, 3.8) is 0 Å². The van der Waals surface area contributed by atoms with Gasteiger partial charge in [0.15, 0.2) is 6.61 Å². The van der Waals surface area contributed by atoms with Gasteiger partial charge >= 0.3 is 0 Å². The van der Waals surface area contributed by atoms with Crippen LogP contribution in [0, 0.1) is 0 Å². The number of nitrogens with one attached hydrogen (secondary N) is 1. The van der Waals surface area contributed by atoms with Crippen LogP contribution in [-0.2, 0) is 17.9 Å². The van der Waals surface area contributed by atoms with E-state index in [1.807, 2.05) is 30.3 Å². The number of hydrogen-bond donors (Lipinski definition) is 1. The minimum atomic E-state index is -0.144. The van der Waals surface area contributed by atoms with E-state index < -0.39 is 0 Å². The minimum absolute atomic E-state index is 0.0156. The van der Waals surface area contributed by atoms with Crippen LogP contribution in [0.15, 0.2) is 35.7 Å². The maximum Gasteiger partial charge on any atom is 0.258 e. The fourth-order valence-electron chi connectivity index (χ4n) is 2.07. The van der Waals surface area contributed by atoms with Crippen LogP contribution >= 0.6 is 11.3 Å². The molecule has 1 aromatic carbocycles. The van der Waals surface area contributed by atoms with Crippen molar-refractivity contribution >= 4 is 17.2 Å². The molecule has 0 fully saturated rings. The van der Waals surface area contributed by atoms with E-state index in [4.69, 9.17) is 4.74 Å². The molecular formula is C17H23N3O2S. The number of nitrogens with zero attached hydrogens (tertiary/aromatic N) is 2. The molecule has 0 saturated heterocycles. The standard InChI is InChI=1S/C17H23N3O2S/c1-3-20(4-2)11-14-13-23-17(19-14)10-18-16(21)12-22-15-8-6-5-7-9-15/h5-9,13H,3-4,10-12H2,1-2H3,(H,18,21). The van der Waals surface area contributed by atoms with Gasteiger partial charge in [0.05, 0.1) is 12.2 Å². The Balaban J connectivity index is 1.73. The van der Waals surface area contributed by atoms with Crippen molar-refractivity contribution < 1.29 is 9.53 Å². The van der Waals surface area contributed by atoms with Crippen LogP contribution in [0.25, 0.3) is 0 Å². The summed E-state index contributed by atoms with van der Waals surface area (Å²) < 4.78 is 5.41. The van der Waals surface area contributed by atoms with Gasteiger partial charge in [-0.25, -0.2) is 4.98 Å². The average Bonchev–Trinajstić information content (AvgIpc) is 3.04. The van der Waals surface area contributed by atoms with Gasteiger partial charge in [-0.05, 0) is 25.2 Å². The lowest BCUT2D eigenvalue weighted by Crippen LogP contribution is -2.28. The molecule has 0 bridgehead atoms. The topological polar surface area (TPSA) is 54.5 Å². The molecular weight excluding hydrogens is 310 g/mol. The number of para-hydroxylation sites is 1. The predicted molar refractivity (Wildman–Crippen MR) is 92.5 cm³/mol. The number of carbonyl (C=O) groups is 1. The summed E-state index contributed by atoms with van der Waals surface area (Å²) in [5.41, 5.74) is 1.06. The van der Waals surface area contributed by atoms with Crippen LogP contribution in [0.4, 0.5) is 0 Å². The molecule has 0 radical (unpaired) electrons. The number of benzene rings is 1. The van der Waals surface area contributed by atoms with Crippen LogP contribution in [0.3, 0.4) is 0 Å². The molecule has 1 amide bonds. The Kier molecular flexibility index (Phi) is 7.03. The molecule has 23 heavy (non-hydrogen) atoms. The van der Waals surface area contributed by atoms with Gasteiger partial charge in [0.1, 0.15) is 10.8 Å². The van der Waals surface area contributed by atoms with E-state index in [0.29, 0.717) is 12.3 Å². The first-order chi connectivity index (χ1) is 11.2. The first-order valence-electron chi connectivity index (χ1n) is 7.81. The van der Waals surface area contributed by atoms with Gasteiger partial charge in [-0.2, -0.15) is 0 Å². The lowest BCUT2D eigenvalue weighted by Gasteiger charge is -2.15. The van der Waals surface area contributed by atoms with Crippen LogP contribution in [-0.4, -0.2) is 35.5 Å². The summed E-state index contributed by atoms with van der Waals surface area (Å²) in [6.45, 7) is 7.62.